The molecule has 0 bridgehead atoms. The van der Waals surface area contributed by atoms with Gasteiger partial charge in [0.1, 0.15) is 11.5 Å². The lowest BCUT2D eigenvalue weighted by Crippen LogP contribution is -2.42. The van der Waals surface area contributed by atoms with Crippen molar-refractivity contribution >= 4 is 28.3 Å². The molecular weight excluding hydrogens is 402 g/mol. The molecule has 7 nitrogen and oxygen atoms in total. The van der Waals surface area contributed by atoms with Crippen molar-refractivity contribution in [1.82, 2.24) is 15.2 Å². The Bertz CT molecular complexity index is 819. The van der Waals surface area contributed by atoms with Gasteiger partial charge < -0.3 is 14.5 Å². The van der Waals surface area contributed by atoms with Crippen LogP contribution in [-0.4, -0.2) is 65.1 Å². The van der Waals surface area contributed by atoms with E-state index in [1.54, 1.807) is 19.1 Å². The van der Waals surface area contributed by atoms with Gasteiger partial charge in [0, 0.05) is 47.6 Å². The minimum atomic E-state index is -1.36. The Hall–Kier alpha value is -1.74. The second kappa shape index (κ2) is 10.2. The van der Waals surface area contributed by atoms with Crippen molar-refractivity contribution in [2.45, 2.75) is 12.7 Å². The number of hydrogen-bond donors (Lipinski definition) is 1. The van der Waals surface area contributed by atoms with Gasteiger partial charge in [-0.3, -0.25) is 13.9 Å². The highest BCUT2D eigenvalue weighted by molar-refractivity contribution is 7.84. The van der Waals surface area contributed by atoms with Gasteiger partial charge in [-0.05, 0) is 31.2 Å². The number of aromatic nitrogens is 1. The molecule has 0 radical (unpaired) electrons. The van der Waals surface area contributed by atoms with E-state index in [1.807, 2.05) is 12.1 Å². The number of hydrogen-bond acceptors (Lipinski definition) is 6. The molecule has 1 amide bonds. The molecule has 0 unspecified atom stereocenters. The van der Waals surface area contributed by atoms with Crippen molar-refractivity contribution in [3.63, 3.8) is 0 Å². The number of carbonyl (C=O) groups is 1. The summed E-state index contributed by atoms with van der Waals surface area (Å²) in [4.78, 5) is 18.7. The standard InChI is InChI=1S/C19H24ClN3O4S/c1-14-17(22-19(27-14)15-2-4-16(20)5-3-15)12-28(25)13-18(24)21-6-7-23-8-10-26-11-9-23/h2-5H,6-13H2,1H3,(H,21,24)/t28-/m0/s1. The third-order valence-corrected chi connectivity index (χ3v) is 5.86. The highest BCUT2D eigenvalue weighted by Crippen LogP contribution is 2.24. The number of halogens is 1. The first kappa shape index (κ1) is 21.0. The van der Waals surface area contributed by atoms with Gasteiger partial charge in [-0.15, -0.1) is 0 Å². The monoisotopic (exact) mass is 425 g/mol. The quantitative estimate of drug-likeness (QED) is 0.696. The molecule has 1 aromatic carbocycles. The third-order valence-electron chi connectivity index (χ3n) is 4.43. The van der Waals surface area contributed by atoms with E-state index in [2.05, 4.69) is 15.2 Å². The molecular formula is C19H24ClN3O4S. The fourth-order valence-corrected chi connectivity index (χ4v) is 4.05. The molecule has 1 aromatic heterocycles. The minimum absolute atomic E-state index is 0.0499. The van der Waals surface area contributed by atoms with Crippen molar-refractivity contribution in [2.24, 2.45) is 0 Å². The average molecular weight is 426 g/mol. The van der Waals surface area contributed by atoms with Crippen LogP contribution in [0.4, 0.5) is 0 Å². The first-order chi connectivity index (χ1) is 13.5. The first-order valence-electron chi connectivity index (χ1n) is 9.15. The number of benzene rings is 1. The molecule has 28 heavy (non-hydrogen) atoms. The molecule has 1 N–H and O–H groups in total. The summed E-state index contributed by atoms with van der Waals surface area (Å²) in [6.07, 6.45) is 0. The van der Waals surface area contributed by atoms with Crippen molar-refractivity contribution in [3.05, 3.63) is 40.7 Å². The van der Waals surface area contributed by atoms with Crippen LogP contribution in [-0.2, 0) is 26.1 Å². The summed E-state index contributed by atoms with van der Waals surface area (Å²) in [5, 5.41) is 3.46. The normalized spacial score (nSPS) is 16.1. The largest absolute Gasteiger partial charge is 0.441 e. The summed E-state index contributed by atoms with van der Waals surface area (Å²) in [6.45, 7) is 6.31. The number of aryl methyl sites for hydroxylation is 1. The predicted molar refractivity (Wildman–Crippen MR) is 109 cm³/mol. The van der Waals surface area contributed by atoms with E-state index in [1.165, 1.54) is 0 Å². The molecule has 2 aromatic rings. The van der Waals surface area contributed by atoms with E-state index in [9.17, 15) is 9.00 Å². The van der Waals surface area contributed by atoms with E-state index < -0.39 is 10.8 Å². The Balaban J connectivity index is 1.46. The molecule has 2 heterocycles. The fourth-order valence-electron chi connectivity index (χ4n) is 2.86. The number of oxazole rings is 1. The average Bonchev–Trinajstić information content (AvgIpc) is 3.03. The highest BCUT2D eigenvalue weighted by atomic mass is 35.5. The van der Waals surface area contributed by atoms with Gasteiger partial charge in [0.15, 0.2) is 0 Å². The van der Waals surface area contributed by atoms with E-state index in [0.29, 0.717) is 28.9 Å². The number of nitrogens with one attached hydrogen (secondary N) is 1. The van der Waals surface area contributed by atoms with Crippen LogP contribution < -0.4 is 5.32 Å². The molecule has 0 saturated carbocycles. The van der Waals surface area contributed by atoms with Gasteiger partial charge in [-0.1, -0.05) is 11.6 Å². The Labute approximate surface area is 171 Å². The van der Waals surface area contributed by atoms with E-state index >= 15 is 0 Å². The molecule has 1 fully saturated rings. The zero-order chi connectivity index (χ0) is 19.9. The minimum Gasteiger partial charge on any atom is -0.441 e. The fraction of sp³-hybridized carbons (Fsp3) is 0.474. The maximum absolute atomic E-state index is 12.4. The third kappa shape index (κ3) is 6.13. The molecule has 1 saturated heterocycles. The topological polar surface area (TPSA) is 84.7 Å². The van der Waals surface area contributed by atoms with Crippen molar-refractivity contribution < 1.29 is 18.2 Å². The van der Waals surface area contributed by atoms with Gasteiger partial charge in [0.2, 0.25) is 11.8 Å². The zero-order valence-corrected chi connectivity index (χ0v) is 17.4. The number of ether oxygens (including phenoxy) is 1. The summed E-state index contributed by atoms with van der Waals surface area (Å²) < 4.78 is 23.3. The van der Waals surface area contributed by atoms with E-state index in [4.69, 9.17) is 20.8 Å². The highest BCUT2D eigenvalue weighted by Gasteiger charge is 2.16. The molecule has 9 heteroatoms. The summed E-state index contributed by atoms with van der Waals surface area (Å²) in [5.41, 5.74) is 1.40. The summed E-state index contributed by atoms with van der Waals surface area (Å²) >= 11 is 5.90. The Morgan fingerprint density at radius 1 is 1.29 bits per heavy atom. The van der Waals surface area contributed by atoms with Gasteiger partial charge in [0.25, 0.3) is 0 Å². The van der Waals surface area contributed by atoms with Crippen LogP contribution in [0.1, 0.15) is 11.5 Å². The molecule has 1 atom stereocenters. The van der Waals surface area contributed by atoms with Crippen LogP contribution in [0.25, 0.3) is 11.5 Å². The first-order valence-corrected chi connectivity index (χ1v) is 11.0. The Morgan fingerprint density at radius 3 is 2.71 bits per heavy atom. The second-order valence-electron chi connectivity index (χ2n) is 6.56. The number of rotatable bonds is 8. The van der Waals surface area contributed by atoms with Crippen molar-refractivity contribution in [2.75, 3.05) is 45.1 Å². The second-order valence-corrected chi connectivity index (χ2v) is 8.45. The number of morpholine rings is 1. The number of nitrogens with zero attached hydrogens (tertiary/aromatic N) is 2. The van der Waals surface area contributed by atoms with Gasteiger partial charge in [-0.25, -0.2) is 4.98 Å². The van der Waals surface area contributed by atoms with Gasteiger partial charge in [-0.2, -0.15) is 0 Å². The lowest BCUT2D eigenvalue weighted by molar-refractivity contribution is -0.118. The van der Waals surface area contributed by atoms with E-state index in [0.717, 1.165) is 38.4 Å². The number of amides is 1. The van der Waals surface area contributed by atoms with Crippen LogP contribution in [0.15, 0.2) is 28.7 Å². The van der Waals surface area contributed by atoms with Crippen molar-refractivity contribution in [3.8, 4) is 11.5 Å². The van der Waals surface area contributed by atoms with Crippen molar-refractivity contribution in [1.29, 1.82) is 0 Å². The van der Waals surface area contributed by atoms with Gasteiger partial charge in [0.05, 0.1) is 24.7 Å². The lowest BCUT2D eigenvalue weighted by Gasteiger charge is -2.26. The predicted octanol–water partition coefficient (Wildman–Crippen LogP) is 2.00. The van der Waals surface area contributed by atoms with Crippen LogP contribution in [0, 0.1) is 6.92 Å². The Kier molecular flexibility index (Phi) is 7.61. The summed E-state index contributed by atoms with van der Waals surface area (Å²) in [5.74, 6) is 0.971. The lowest BCUT2D eigenvalue weighted by atomic mass is 10.2. The molecule has 0 spiro atoms. The molecule has 152 valence electrons. The summed E-state index contributed by atoms with van der Waals surface area (Å²) in [7, 11) is -1.36. The van der Waals surface area contributed by atoms with Gasteiger partial charge >= 0.3 is 0 Å². The molecule has 1 aliphatic heterocycles. The van der Waals surface area contributed by atoms with Crippen LogP contribution in [0.2, 0.25) is 5.02 Å². The van der Waals surface area contributed by atoms with Crippen LogP contribution in [0.3, 0.4) is 0 Å². The zero-order valence-electron chi connectivity index (χ0n) is 15.8. The maximum Gasteiger partial charge on any atom is 0.232 e. The molecule has 1 aliphatic rings. The molecule has 0 aliphatic carbocycles. The Morgan fingerprint density at radius 2 is 2.00 bits per heavy atom. The van der Waals surface area contributed by atoms with E-state index in [-0.39, 0.29) is 17.4 Å². The SMILES string of the molecule is Cc1oc(-c2ccc(Cl)cc2)nc1C[S@](=O)CC(=O)NCCN1CCOCC1. The number of carbonyl (C=O) groups excluding carboxylic acids is 1. The summed E-state index contributed by atoms with van der Waals surface area (Å²) in [6, 6.07) is 7.15. The van der Waals surface area contributed by atoms with Crippen LogP contribution >= 0.6 is 11.6 Å². The van der Waals surface area contributed by atoms with Crippen LogP contribution in [0.5, 0.6) is 0 Å². The molecule has 3 rings (SSSR count). The smallest absolute Gasteiger partial charge is 0.232 e. The maximum atomic E-state index is 12.4.